The van der Waals surface area contributed by atoms with Crippen LogP contribution in [0.2, 0.25) is 0 Å². The number of alkyl halides is 5. The highest BCUT2D eigenvalue weighted by atomic mass is 19.4. The van der Waals surface area contributed by atoms with Gasteiger partial charge in [0.05, 0.1) is 6.04 Å². The smallest absolute Gasteiger partial charge is 0.367 e. The van der Waals surface area contributed by atoms with Crippen molar-refractivity contribution in [2.75, 3.05) is 0 Å². The summed E-state index contributed by atoms with van der Waals surface area (Å²) in [5.74, 6) is -3.39. The summed E-state index contributed by atoms with van der Waals surface area (Å²) in [7, 11) is 0. The Morgan fingerprint density at radius 2 is 1.62 bits per heavy atom. The van der Waals surface area contributed by atoms with Gasteiger partial charge in [0.1, 0.15) is 6.04 Å². The molecule has 0 heterocycles. The summed E-state index contributed by atoms with van der Waals surface area (Å²) in [6.07, 6.45) is -7.26. The van der Waals surface area contributed by atoms with Crippen molar-refractivity contribution in [3.05, 3.63) is 35.9 Å². The Bertz CT molecular complexity index is 517. The van der Waals surface area contributed by atoms with Crippen LogP contribution in [0.15, 0.2) is 30.3 Å². The lowest BCUT2D eigenvalue weighted by Crippen LogP contribution is -2.49. The molecule has 0 bridgehead atoms. The van der Waals surface area contributed by atoms with Gasteiger partial charge in [0, 0.05) is 12.8 Å². The molecule has 1 fully saturated rings. The minimum Gasteiger partial charge on any atom is -0.367 e. The molecule has 3 nitrogen and oxygen atoms in total. The van der Waals surface area contributed by atoms with Crippen LogP contribution in [0.5, 0.6) is 0 Å². The summed E-state index contributed by atoms with van der Waals surface area (Å²) in [6, 6.07) is 2.65. The first kappa shape index (κ1) is 19.1. The van der Waals surface area contributed by atoms with E-state index in [9.17, 15) is 32.2 Å². The van der Waals surface area contributed by atoms with Crippen LogP contribution in [-0.4, -0.2) is 34.6 Å². The fourth-order valence-corrected chi connectivity index (χ4v) is 2.64. The van der Waals surface area contributed by atoms with E-state index in [1.54, 1.807) is 0 Å². The van der Waals surface area contributed by atoms with E-state index in [4.69, 9.17) is 0 Å². The molecule has 0 amide bonds. The van der Waals surface area contributed by atoms with Crippen molar-refractivity contribution in [3.8, 4) is 0 Å². The third-order valence-corrected chi connectivity index (χ3v) is 4.00. The number of aliphatic hydroxyl groups is 2. The van der Waals surface area contributed by atoms with E-state index in [0.29, 0.717) is 12.8 Å². The highest BCUT2D eigenvalue weighted by Crippen LogP contribution is 2.41. The number of halogens is 5. The van der Waals surface area contributed by atoms with Crippen LogP contribution in [-0.2, 0) is 0 Å². The molecule has 0 spiro atoms. The van der Waals surface area contributed by atoms with Gasteiger partial charge in [-0.25, -0.2) is 8.78 Å². The molecular weight excluding hydrogens is 333 g/mol. The zero-order valence-corrected chi connectivity index (χ0v) is 12.8. The van der Waals surface area contributed by atoms with Gasteiger partial charge in [-0.1, -0.05) is 30.3 Å². The highest BCUT2D eigenvalue weighted by Gasteiger charge is 2.45. The fourth-order valence-electron chi connectivity index (χ4n) is 2.64. The molecule has 8 heteroatoms. The second-order valence-corrected chi connectivity index (χ2v) is 6.28. The molecule has 136 valence electrons. The average molecular weight is 353 g/mol. The predicted molar refractivity (Wildman–Crippen MR) is 77.3 cm³/mol. The second kappa shape index (κ2) is 7.33. The van der Waals surface area contributed by atoms with Crippen molar-refractivity contribution in [2.45, 2.75) is 56.2 Å². The molecule has 1 aromatic rings. The molecule has 1 aliphatic rings. The van der Waals surface area contributed by atoms with Crippen molar-refractivity contribution < 1.29 is 32.2 Å². The number of benzene rings is 1. The fraction of sp³-hybridized carbons (Fsp3) is 0.625. The zero-order valence-electron chi connectivity index (χ0n) is 12.8. The first-order valence-corrected chi connectivity index (χ1v) is 7.70. The first-order chi connectivity index (χ1) is 11.1. The standard InChI is InChI=1S/C16H20F5NO2/c17-15(18,8-10-6-7-10)9-12(14(23)24)22-13(16(19,20)21)11-4-2-1-3-5-11/h1-5,10,12-14,22-24H,6-9H2/t12-,13-/m0/s1. The minimum atomic E-state index is -4.76. The Hall–Kier alpha value is -1.25. The molecule has 2 rings (SSSR count). The van der Waals surface area contributed by atoms with Gasteiger partial charge in [0.2, 0.25) is 5.92 Å². The molecule has 2 atom stereocenters. The molecule has 24 heavy (non-hydrogen) atoms. The van der Waals surface area contributed by atoms with Crippen molar-refractivity contribution >= 4 is 0 Å². The maximum atomic E-state index is 13.9. The van der Waals surface area contributed by atoms with Gasteiger partial charge in [0.25, 0.3) is 0 Å². The summed E-state index contributed by atoms with van der Waals surface area (Å²) in [6.45, 7) is 0. The van der Waals surface area contributed by atoms with E-state index in [-0.39, 0.29) is 11.5 Å². The third kappa shape index (κ3) is 5.68. The lowest BCUT2D eigenvalue weighted by molar-refractivity contribution is -0.172. The van der Waals surface area contributed by atoms with Crippen LogP contribution in [0.25, 0.3) is 0 Å². The molecule has 3 N–H and O–H groups in total. The van der Waals surface area contributed by atoms with E-state index >= 15 is 0 Å². The lowest BCUT2D eigenvalue weighted by atomic mass is 9.99. The molecule has 0 unspecified atom stereocenters. The van der Waals surface area contributed by atoms with Crippen LogP contribution >= 0.6 is 0 Å². The van der Waals surface area contributed by atoms with Crippen LogP contribution in [0.3, 0.4) is 0 Å². The van der Waals surface area contributed by atoms with Crippen LogP contribution in [0, 0.1) is 5.92 Å². The maximum Gasteiger partial charge on any atom is 0.407 e. The van der Waals surface area contributed by atoms with E-state index in [2.05, 4.69) is 0 Å². The highest BCUT2D eigenvalue weighted by molar-refractivity contribution is 5.20. The molecular formula is C16H20F5NO2. The average Bonchev–Trinajstić information content (AvgIpc) is 3.25. The molecule has 1 aromatic carbocycles. The van der Waals surface area contributed by atoms with Crippen molar-refractivity contribution in [2.24, 2.45) is 5.92 Å². The first-order valence-electron chi connectivity index (χ1n) is 7.70. The van der Waals surface area contributed by atoms with Gasteiger partial charge >= 0.3 is 6.18 Å². The van der Waals surface area contributed by atoms with E-state index in [1.807, 2.05) is 5.32 Å². The molecule has 0 saturated heterocycles. The van der Waals surface area contributed by atoms with E-state index in [1.165, 1.54) is 30.3 Å². The SMILES string of the molecule is OC(O)[C@H](CC(F)(F)CC1CC1)N[C@@H](c1ccccc1)C(F)(F)F. The van der Waals surface area contributed by atoms with Gasteiger partial charge in [-0.15, -0.1) is 0 Å². The predicted octanol–water partition coefficient (Wildman–Crippen LogP) is 3.38. The summed E-state index contributed by atoms with van der Waals surface area (Å²) < 4.78 is 67.7. The Kier molecular flexibility index (Phi) is 5.83. The number of aliphatic hydroxyl groups excluding tert-OH is 1. The Morgan fingerprint density at radius 1 is 1.04 bits per heavy atom. The van der Waals surface area contributed by atoms with Gasteiger partial charge in [0.15, 0.2) is 6.29 Å². The Labute approximate surface area is 136 Å². The van der Waals surface area contributed by atoms with Crippen molar-refractivity contribution in [3.63, 3.8) is 0 Å². The molecule has 0 aromatic heterocycles. The van der Waals surface area contributed by atoms with Crippen LogP contribution in [0.1, 0.15) is 37.3 Å². The van der Waals surface area contributed by atoms with E-state index < -0.39 is 43.3 Å². The van der Waals surface area contributed by atoms with Crippen LogP contribution in [0.4, 0.5) is 22.0 Å². The maximum absolute atomic E-state index is 13.9. The zero-order chi connectivity index (χ0) is 18.0. The van der Waals surface area contributed by atoms with E-state index in [0.717, 1.165) is 0 Å². The Balaban J connectivity index is 2.13. The lowest BCUT2D eigenvalue weighted by Gasteiger charge is -2.31. The number of hydrogen-bond acceptors (Lipinski definition) is 3. The quantitative estimate of drug-likeness (QED) is 0.496. The second-order valence-electron chi connectivity index (χ2n) is 6.28. The van der Waals surface area contributed by atoms with Gasteiger partial charge in [-0.2, -0.15) is 13.2 Å². The normalized spacial score (nSPS) is 18.7. The summed E-state index contributed by atoms with van der Waals surface area (Å²) >= 11 is 0. The molecule has 0 radical (unpaired) electrons. The largest absolute Gasteiger partial charge is 0.407 e. The van der Waals surface area contributed by atoms with Crippen molar-refractivity contribution in [1.29, 1.82) is 0 Å². The molecule has 1 saturated carbocycles. The van der Waals surface area contributed by atoms with Gasteiger partial charge < -0.3 is 10.2 Å². The number of nitrogens with one attached hydrogen (secondary N) is 1. The molecule has 0 aliphatic heterocycles. The minimum absolute atomic E-state index is 0.135. The van der Waals surface area contributed by atoms with Gasteiger partial charge in [-0.05, 0) is 24.3 Å². The number of rotatable bonds is 8. The monoisotopic (exact) mass is 353 g/mol. The summed E-state index contributed by atoms with van der Waals surface area (Å²) in [5.41, 5.74) is -0.179. The third-order valence-electron chi connectivity index (χ3n) is 4.00. The molecule has 1 aliphatic carbocycles. The van der Waals surface area contributed by atoms with Crippen LogP contribution < -0.4 is 5.32 Å². The summed E-state index contributed by atoms with van der Waals surface area (Å²) in [4.78, 5) is 0. The van der Waals surface area contributed by atoms with Crippen molar-refractivity contribution in [1.82, 2.24) is 5.32 Å². The Morgan fingerprint density at radius 3 is 2.08 bits per heavy atom. The topological polar surface area (TPSA) is 52.5 Å². The number of hydrogen-bond donors (Lipinski definition) is 3. The summed E-state index contributed by atoms with van der Waals surface area (Å²) in [5, 5.41) is 20.5. The van der Waals surface area contributed by atoms with Gasteiger partial charge in [-0.3, -0.25) is 5.32 Å².